The molecule has 1 atom stereocenters. The number of aliphatic hydroxyl groups is 1. The van der Waals surface area contributed by atoms with Gasteiger partial charge in [0.15, 0.2) is 0 Å². The normalized spacial score (nSPS) is 16.2. The van der Waals surface area contributed by atoms with Crippen molar-refractivity contribution in [3.63, 3.8) is 0 Å². The third-order valence-electron chi connectivity index (χ3n) is 4.94. The molecule has 1 aromatic heterocycles. The van der Waals surface area contributed by atoms with Crippen LogP contribution in [0.5, 0.6) is 0 Å². The number of aliphatic hydroxyl groups excluding tert-OH is 1. The predicted octanol–water partition coefficient (Wildman–Crippen LogP) is 2.75. The fourth-order valence-electron chi connectivity index (χ4n) is 3.64. The molecule has 0 aliphatic carbocycles. The molecular weight excluding hydrogens is 387 g/mol. The van der Waals surface area contributed by atoms with Crippen LogP contribution < -0.4 is 5.73 Å². The topological polar surface area (TPSA) is 83.8 Å². The Morgan fingerprint density at radius 1 is 1.44 bits per heavy atom. The molecule has 2 aromatic rings. The van der Waals surface area contributed by atoms with Gasteiger partial charge in [0.25, 0.3) is 5.91 Å². The van der Waals surface area contributed by atoms with E-state index < -0.39 is 6.10 Å². The first-order valence-electron chi connectivity index (χ1n) is 8.61. The number of halogens is 2. The Kier molecular flexibility index (Phi) is 5.51. The molecule has 1 aliphatic heterocycles. The largest absolute Gasteiger partial charge is 0.398 e. The van der Waals surface area contributed by atoms with Crippen molar-refractivity contribution in [2.75, 3.05) is 13.6 Å². The van der Waals surface area contributed by atoms with Gasteiger partial charge in [-0.05, 0) is 19.1 Å². The Balaban J connectivity index is 2.28. The molecule has 0 saturated heterocycles. The summed E-state index contributed by atoms with van der Waals surface area (Å²) in [5.41, 5.74) is 10.4. The minimum absolute atomic E-state index is 0.291. The highest BCUT2D eigenvalue weighted by Crippen LogP contribution is 2.41. The van der Waals surface area contributed by atoms with Crippen LogP contribution in [0.15, 0.2) is 17.1 Å². The van der Waals surface area contributed by atoms with Gasteiger partial charge >= 0.3 is 0 Å². The molecule has 0 saturated carbocycles. The summed E-state index contributed by atoms with van der Waals surface area (Å²) in [6, 6.07) is 1.75. The van der Waals surface area contributed by atoms with Crippen molar-refractivity contribution in [1.29, 1.82) is 0 Å². The third kappa shape index (κ3) is 3.33. The molecule has 0 radical (unpaired) electrons. The van der Waals surface area contributed by atoms with Crippen LogP contribution in [-0.2, 0) is 24.8 Å². The van der Waals surface area contributed by atoms with Crippen molar-refractivity contribution in [2.45, 2.75) is 26.0 Å². The monoisotopic (exact) mass is 408 g/mol. The van der Waals surface area contributed by atoms with Crippen molar-refractivity contribution < 1.29 is 9.90 Å². The first-order chi connectivity index (χ1) is 12.8. The Bertz CT molecular complexity index is 976. The Morgan fingerprint density at radius 3 is 2.78 bits per heavy atom. The Labute approximate surface area is 167 Å². The van der Waals surface area contributed by atoms with E-state index in [1.54, 1.807) is 30.3 Å². The highest BCUT2D eigenvalue weighted by Gasteiger charge is 2.30. The summed E-state index contributed by atoms with van der Waals surface area (Å²) in [4.78, 5) is 17.9. The fraction of sp³-hybridized carbons (Fsp3) is 0.368. The maximum Gasteiger partial charge on any atom is 0.251 e. The number of fused-ring (bicyclic) bond motifs is 3. The van der Waals surface area contributed by atoms with Gasteiger partial charge in [0.2, 0.25) is 0 Å². The zero-order chi connectivity index (χ0) is 19.9. The third-order valence-corrected chi connectivity index (χ3v) is 5.71. The molecule has 0 bridgehead atoms. The van der Waals surface area contributed by atoms with E-state index in [-0.39, 0.29) is 5.91 Å². The smallest absolute Gasteiger partial charge is 0.251 e. The number of hydrogen-bond acceptors (Lipinski definition) is 4. The number of rotatable bonds is 3. The van der Waals surface area contributed by atoms with Crippen LogP contribution in [0.3, 0.4) is 0 Å². The standard InChI is InChI=1S/C19H22Cl2N4O2/c1-10(26)19(27)25-7-5-15-12(9-25)16-11(14(22)4-6-23-2)8-13(20)17(21)18(16)24(15)3/h4,6,8,10,26H,5,7,9,22H2,1-3H3/b14-4-,23-6?. The maximum atomic E-state index is 12.3. The number of hydrogen-bond donors (Lipinski definition) is 2. The molecule has 0 spiro atoms. The summed E-state index contributed by atoms with van der Waals surface area (Å²) in [6.07, 6.45) is 2.94. The molecule has 0 fully saturated rings. The Morgan fingerprint density at radius 2 is 2.15 bits per heavy atom. The van der Waals surface area contributed by atoms with Crippen molar-refractivity contribution in [3.05, 3.63) is 39.0 Å². The lowest BCUT2D eigenvalue weighted by molar-refractivity contribution is -0.140. The molecule has 144 valence electrons. The molecule has 6 nitrogen and oxygen atoms in total. The molecule has 1 aliphatic rings. The van der Waals surface area contributed by atoms with Gasteiger partial charge in [-0.15, -0.1) is 0 Å². The number of nitrogens with two attached hydrogens (primary N) is 1. The maximum absolute atomic E-state index is 12.3. The van der Waals surface area contributed by atoms with Crippen LogP contribution in [0.1, 0.15) is 23.7 Å². The number of allylic oxidation sites excluding steroid dienone is 1. The van der Waals surface area contributed by atoms with Crippen LogP contribution in [0.4, 0.5) is 0 Å². The van der Waals surface area contributed by atoms with Gasteiger partial charge in [-0.3, -0.25) is 9.79 Å². The van der Waals surface area contributed by atoms with Crippen molar-refractivity contribution in [3.8, 4) is 0 Å². The highest BCUT2D eigenvalue weighted by molar-refractivity contribution is 6.45. The van der Waals surface area contributed by atoms with E-state index in [1.165, 1.54) is 6.92 Å². The van der Waals surface area contributed by atoms with Gasteiger partial charge in [0, 0.05) is 67.7 Å². The SMILES string of the molecule is CN=C/C=C(\N)c1cc(Cl)c(Cl)c2c1c1c(n2C)CCN(C(=O)C(C)O)C1. The summed E-state index contributed by atoms with van der Waals surface area (Å²) >= 11 is 12.9. The van der Waals surface area contributed by atoms with Crippen molar-refractivity contribution >= 4 is 51.9 Å². The van der Waals surface area contributed by atoms with E-state index >= 15 is 0 Å². The second kappa shape index (κ2) is 7.54. The second-order valence-corrected chi connectivity index (χ2v) is 7.43. The summed E-state index contributed by atoms with van der Waals surface area (Å²) in [5.74, 6) is -0.291. The van der Waals surface area contributed by atoms with Gasteiger partial charge in [0.05, 0.1) is 15.6 Å². The minimum atomic E-state index is -1.04. The number of benzene rings is 1. The molecule has 1 unspecified atom stereocenters. The number of aliphatic imine (C=N–C) groups is 1. The average molecular weight is 409 g/mol. The molecule has 3 rings (SSSR count). The van der Waals surface area contributed by atoms with Crippen molar-refractivity contribution in [2.24, 2.45) is 17.8 Å². The van der Waals surface area contributed by atoms with Crippen LogP contribution >= 0.6 is 23.2 Å². The molecular formula is C19H22Cl2N4O2. The lowest BCUT2D eigenvalue weighted by Gasteiger charge is -2.29. The van der Waals surface area contributed by atoms with E-state index in [0.29, 0.717) is 35.3 Å². The van der Waals surface area contributed by atoms with Gasteiger partial charge in [-0.25, -0.2) is 0 Å². The molecule has 3 N–H and O–H groups in total. The molecule has 8 heteroatoms. The first kappa shape index (κ1) is 19.7. The highest BCUT2D eigenvalue weighted by atomic mass is 35.5. The number of aryl methyl sites for hydroxylation is 1. The molecule has 2 heterocycles. The van der Waals surface area contributed by atoms with E-state index in [2.05, 4.69) is 4.99 Å². The van der Waals surface area contributed by atoms with E-state index in [4.69, 9.17) is 28.9 Å². The lowest BCUT2D eigenvalue weighted by Crippen LogP contribution is -2.41. The number of aromatic nitrogens is 1. The number of amides is 1. The van der Waals surface area contributed by atoms with Gasteiger partial charge < -0.3 is 20.3 Å². The predicted molar refractivity (Wildman–Crippen MR) is 110 cm³/mol. The van der Waals surface area contributed by atoms with Crippen LogP contribution in [-0.4, -0.2) is 46.4 Å². The average Bonchev–Trinajstić information content (AvgIpc) is 2.94. The van der Waals surface area contributed by atoms with Crippen LogP contribution in [0, 0.1) is 0 Å². The quantitative estimate of drug-likeness (QED) is 0.765. The van der Waals surface area contributed by atoms with E-state index in [0.717, 1.165) is 27.7 Å². The molecule has 1 aromatic carbocycles. The van der Waals surface area contributed by atoms with Crippen LogP contribution in [0.25, 0.3) is 16.6 Å². The summed E-state index contributed by atoms with van der Waals surface area (Å²) in [6.45, 7) is 2.40. The zero-order valence-electron chi connectivity index (χ0n) is 15.5. The number of carbonyl (C=O) groups is 1. The van der Waals surface area contributed by atoms with Gasteiger partial charge in [-0.2, -0.15) is 0 Å². The van der Waals surface area contributed by atoms with Gasteiger partial charge in [-0.1, -0.05) is 23.2 Å². The number of nitrogens with zero attached hydrogens (tertiary/aromatic N) is 3. The summed E-state index contributed by atoms with van der Waals surface area (Å²) < 4.78 is 2.02. The zero-order valence-corrected chi connectivity index (χ0v) is 17.0. The number of carbonyl (C=O) groups excluding carboxylic acids is 1. The first-order valence-corrected chi connectivity index (χ1v) is 9.36. The molecule has 27 heavy (non-hydrogen) atoms. The summed E-state index contributed by atoms with van der Waals surface area (Å²) in [7, 11) is 3.60. The minimum Gasteiger partial charge on any atom is -0.398 e. The van der Waals surface area contributed by atoms with Crippen LogP contribution in [0.2, 0.25) is 10.0 Å². The molecule has 1 amide bonds. The lowest BCUT2D eigenvalue weighted by atomic mass is 9.98. The van der Waals surface area contributed by atoms with Crippen molar-refractivity contribution in [1.82, 2.24) is 9.47 Å². The van der Waals surface area contributed by atoms with Gasteiger partial charge in [0.1, 0.15) is 6.10 Å². The van der Waals surface area contributed by atoms with E-state index in [9.17, 15) is 9.90 Å². The Hall–Kier alpha value is -2.02. The summed E-state index contributed by atoms with van der Waals surface area (Å²) in [5, 5.41) is 11.4. The van der Waals surface area contributed by atoms with E-state index in [1.807, 2.05) is 11.6 Å². The second-order valence-electron chi connectivity index (χ2n) is 6.64. The fourth-order valence-corrected chi connectivity index (χ4v) is 4.11.